The number of hydrogen-bond donors (Lipinski definition) is 3. The Bertz CT molecular complexity index is 367. The van der Waals surface area contributed by atoms with E-state index in [1.165, 1.54) is 12.8 Å². The fourth-order valence-electron chi connectivity index (χ4n) is 1.52. The minimum absolute atomic E-state index is 0.139. The third-order valence-corrected chi connectivity index (χ3v) is 2.46. The van der Waals surface area contributed by atoms with Crippen LogP contribution >= 0.6 is 0 Å². The average Bonchev–Trinajstić information content (AvgIpc) is 2.87. The maximum absolute atomic E-state index is 7.36. The molecule has 4 N–H and O–H groups in total. The van der Waals surface area contributed by atoms with Crippen LogP contribution in [-0.2, 0) is 0 Å². The highest BCUT2D eigenvalue weighted by Crippen LogP contribution is 2.25. The molecule has 1 saturated carbocycles. The first-order valence-electron chi connectivity index (χ1n) is 4.88. The van der Waals surface area contributed by atoms with Gasteiger partial charge in [-0.25, -0.2) is 0 Å². The van der Waals surface area contributed by atoms with Crippen molar-refractivity contribution in [3.05, 3.63) is 29.3 Å². The summed E-state index contributed by atoms with van der Waals surface area (Å²) in [7, 11) is 0. The van der Waals surface area contributed by atoms with Crippen LogP contribution in [0.2, 0.25) is 0 Å². The molecule has 0 heterocycles. The van der Waals surface area contributed by atoms with Gasteiger partial charge in [-0.1, -0.05) is 0 Å². The molecule has 0 unspecified atom stereocenters. The van der Waals surface area contributed by atoms with E-state index in [0.717, 1.165) is 16.8 Å². The number of nitrogens with two attached hydrogens (primary N) is 1. The molecule has 1 aromatic rings. The van der Waals surface area contributed by atoms with Gasteiger partial charge in [0.2, 0.25) is 0 Å². The van der Waals surface area contributed by atoms with Gasteiger partial charge in [0.05, 0.1) is 0 Å². The average molecular weight is 189 g/mol. The zero-order chi connectivity index (χ0) is 10.1. The summed E-state index contributed by atoms with van der Waals surface area (Å²) in [4.78, 5) is 0. The summed E-state index contributed by atoms with van der Waals surface area (Å²) in [5, 5.41) is 10.8. The summed E-state index contributed by atoms with van der Waals surface area (Å²) in [6.07, 6.45) is 2.54. The minimum Gasteiger partial charge on any atom is -0.384 e. The lowest BCUT2D eigenvalue weighted by Crippen LogP contribution is -2.13. The van der Waals surface area contributed by atoms with E-state index in [1.54, 1.807) is 0 Å². The predicted molar refractivity (Wildman–Crippen MR) is 58.8 cm³/mol. The molecule has 1 aromatic carbocycles. The Labute approximate surface area is 83.8 Å². The van der Waals surface area contributed by atoms with Crippen LogP contribution in [0, 0.1) is 12.3 Å². The maximum atomic E-state index is 7.36. The number of amidine groups is 1. The normalized spacial score (nSPS) is 15.2. The van der Waals surface area contributed by atoms with Gasteiger partial charge in [-0.15, -0.1) is 0 Å². The second kappa shape index (κ2) is 3.33. The first-order valence-corrected chi connectivity index (χ1v) is 4.88. The lowest BCUT2D eigenvalue weighted by atomic mass is 10.1. The van der Waals surface area contributed by atoms with Crippen LogP contribution in [0.1, 0.15) is 24.0 Å². The smallest absolute Gasteiger partial charge is 0.123 e. The number of nitrogen functional groups attached to an aromatic ring is 1. The Morgan fingerprint density at radius 3 is 2.71 bits per heavy atom. The van der Waals surface area contributed by atoms with Gasteiger partial charge in [0.25, 0.3) is 0 Å². The third kappa shape index (κ3) is 1.87. The van der Waals surface area contributed by atoms with Crippen molar-refractivity contribution in [3.63, 3.8) is 0 Å². The lowest BCUT2D eigenvalue weighted by Gasteiger charge is -2.08. The summed E-state index contributed by atoms with van der Waals surface area (Å²) < 4.78 is 0. The topological polar surface area (TPSA) is 61.9 Å². The molecule has 14 heavy (non-hydrogen) atoms. The highest BCUT2D eigenvalue weighted by atomic mass is 14.9. The van der Waals surface area contributed by atoms with Crippen molar-refractivity contribution in [1.82, 2.24) is 0 Å². The highest BCUT2D eigenvalue weighted by Gasteiger charge is 2.20. The summed E-state index contributed by atoms with van der Waals surface area (Å²) >= 11 is 0. The van der Waals surface area contributed by atoms with Crippen molar-refractivity contribution in [3.8, 4) is 0 Å². The molecule has 0 atom stereocenters. The van der Waals surface area contributed by atoms with E-state index in [9.17, 15) is 0 Å². The third-order valence-electron chi connectivity index (χ3n) is 2.46. The number of nitrogens with one attached hydrogen (secondary N) is 2. The molecule has 3 nitrogen and oxygen atoms in total. The standard InChI is InChI=1S/C11H15N3/c1-7-6-9(14-8-2-3-8)4-5-10(7)11(12)13/h4-6,8,14H,2-3H2,1H3,(H3,12,13). The van der Waals surface area contributed by atoms with Crippen molar-refractivity contribution in [2.75, 3.05) is 5.32 Å². The van der Waals surface area contributed by atoms with E-state index in [4.69, 9.17) is 11.1 Å². The van der Waals surface area contributed by atoms with Crippen LogP contribution in [-0.4, -0.2) is 11.9 Å². The van der Waals surface area contributed by atoms with E-state index < -0.39 is 0 Å². The second-order valence-electron chi connectivity index (χ2n) is 3.86. The molecule has 1 aliphatic rings. The molecule has 0 amide bonds. The maximum Gasteiger partial charge on any atom is 0.123 e. The van der Waals surface area contributed by atoms with E-state index in [-0.39, 0.29) is 5.84 Å². The summed E-state index contributed by atoms with van der Waals surface area (Å²) in [6, 6.07) is 6.61. The van der Waals surface area contributed by atoms with Gasteiger partial charge in [-0.05, 0) is 43.5 Å². The quantitative estimate of drug-likeness (QED) is 0.502. The monoisotopic (exact) mass is 189 g/mol. The largest absolute Gasteiger partial charge is 0.384 e. The van der Waals surface area contributed by atoms with E-state index in [0.29, 0.717) is 6.04 Å². The molecule has 1 aliphatic carbocycles. The van der Waals surface area contributed by atoms with Gasteiger partial charge < -0.3 is 11.1 Å². The van der Waals surface area contributed by atoms with Gasteiger partial charge >= 0.3 is 0 Å². The van der Waals surface area contributed by atoms with Crippen LogP contribution < -0.4 is 11.1 Å². The summed E-state index contributed by atoms with van der Waals surface area (Å²) in [5.41, 5.74) is 8.46. The molecule has 0 spiro atoms. The van der Waals surface area contributed by atoms with Gasteiger partial charge in [0.15, 0.2) is 0 Å². The van der Waals surface area contributed by atoms with Crippen LogP contribution in [0.15, 0.2) is 18.2 Å². The molecular weight excluding hydrogens is 174 g/mol. The Morgan fingerprint density at radius 1 is 1.50 bits per heavy atom. The van der Waals surface area contributed by atoms with Crippen LogP contribution in [0.4, 0.5) is 5.69 Å². The summed E-state index contributed by atoms with van der Waals surface area (Å²) in [6.45, 7) is 1.98. The van der Waals surface area contributed by atoms with Crippen molar-refractivity contribution in [2.45, 2.75) is 25.8 Å². The van der Waals surface area contributed by atoms with Gasteiger partial charge in [0, 0.05) is 17.3 Å². The minimum atomic E-state index is 0.139. The van der Waals surface area contributed by atoms with Crippen molar-refractivity contribution < 1.29 is 0 Å². The fraction of sp³-hybridized carbons (Fsp3) is 0.364. The molecule has 0 saturated heterocycles. The predicted octanol–water partition coefficient (Wildman–Crippen LogP) is 1.85. The Kier molecular flexibility index (Phi) is 2.15. The number of hydrogen-bond acceptors (Lipinski definition) is 2. The van der Waals surface area contributed by atoms with E-state index >= 15 is 0 Å². The SMILES string of the molecule is Cc1cc(NC2CC2)ccc1C(=N)N. The molecule has 74 valence electrons. The molecule has 1 fully saturated rings. The zero-order valence-corrected chi connectivity index (χ0v) is 8.30. The molecule has 0 radical (unpaired) electrons. The van der Waals surface area contributed by atoms with Crippen LogP contribution in [0.5, 0.6) is 0 Å². The molecule has 0 bridgehead atoms. The number of aryl methyl sites for hydroxylation is 1. The molecular formula is C11H15N3. The zero-order valence-electron chi connectivity index (χ0n) is 8.30. The Balaban J connectivity index is 2.20. The molecule has 0 aliphatic heterocycles. The first kappa shape index (κ1) is 9.06. The molecule has 0 aromatic heterocycles. The number of benzene rings is 1. The first-order chi connectivity index (χ1) is 6.66. The fourth-order valence-corrected chi connectivity index (χ4v) is 1.52. The van der Waals surface area contributed by atoms with E-state index in [1.807, 2.05) is 19.1 Å². The van der Waals surface area contributed by atoms with Gasteiger partial charge in [-0.3, -0.25) is 5.41 Å². The van der Waals surface area contributed by atoms with E-state index in [2.05, 4.69) is 11.4 Å². The van der Waals surface area contributed by atoms with Gasteiger partial charge in [0.1, 0.15) is 5.84 Å². The van der Waals surface area contributed by atoms with Crippen molar-refractivity contribution >= 4 is 11.5 Å². The Hall–Kier alpha value is -1.51. The second-order valence-corrected chi connectivity index (χ2v) is 3.86. The van der Waals surface area contributed by atoms with Crippen molar-refractivity contribution in [2.24, 2.45) is 5.73 Å². The van der Waals surface area contributed by atoms with Gasteiger partial charge in [-0.2, -0.15) is 0 Å². The lowest BCUT2D eigenvalue weighted by molar-refractivity contribution is 1.15. The Morgan fingerprint density at radius 2 is 2.21 bits per heavy atom. The van der Waals surface area contributed by atoms with Crippen molar-refractivity contribution in [1.29, 1.82) is 5.41 Å². The molecule has 2 rings (SSSR count). The highest BCUT2D eigenvalue weighted by molar-refractivity contribution is 5.96. The molecule has 3 heteroatoms. The van der Waals surface area contributed by atoms with Crippen LogP contribution in [0.3, 0.4) is 0 Å². The van der Waals surface area contributed by atoms with Crippen LogP contribution in [0.25, 0.3) is 0 Å². The summed E-state index contributed by atoms with van der Waals surface area (Å²) in [5.74, 6) is 0.139. The number of rotatable bonds is 3. The number of anilines is 1.